The second-order valence-electron chi connectivity index (χ2n) is 4.79. The van der Waals surface area contributed by atoms with E-state index >= 15 is 0 Å². The predicted octanol–water partition coefficient (Wildman–Crippen LogP) is 2.63. The molecule has 0 spiro atoms. The Balaban J connectivity index is 2.28. The average Bonchev–Trinajstić information content (AvgIpc) is 2.41. The maximum atomic E-state index is 12.5. The number of benzene rings is 1. The molecule has 1 heterocycles. The summed E-state index contributed by atoms with van der Waals surface area (Å²) < 4.78 is 25.1. The van der Waals surface area contributed by atoms with Crippen LogP contribution < -0.4 is 5.73 Å². The van der Waals surface area contributed by atoms with Gasteiger partial charge in [0.15, 0.2) is 0 Å². The fourth-order valence-electron chi connectivity index (χ4n) is 2.62. The Bertz CT molecular complexity index is 447. The Kier molecular flexibility index (Phi) is 4.14. The van der Waals surface area contributed by atoms with Gasteiger partial charge in [-0.3, -0.25) is 4.79 Å². The van der Waals surface area contributed by atoms with Crippen LogP contribution in [0.1, 0.15) is 43.4 Å². The maximum absolute atomic E-state index is 12.5. The third-order valence-corrected chi connectivity index (χ3v) is 3.62. The SMILES string of the molecule is CCN1C(=O)CCC(N)C1c1ccc(C(F)F)cc1. The summed E-state index contributed by atoms with van der Waals surface area (Å²) in [7, 11) is 0. The lowest BCUT2D eigenvalue weighted by Gasteiger charge is -2.39. The van der Waals surface area contributed by atoms with E-state index in [1.165, 1.54) is 12.1 Å². The molecule has 2 atom stereocenters. The van der Waals surface area contributed by atoms with Crippen molar-refractivity contribution in [3.8, 4) is 0 Å². The molecule has 1 amide bonds. The summed E-state index contributed by atoms with van der Waals surface area (Å²) in [4.78, 5) is 13.6. The van der Waals surface area contributed by atoms with Gasteiger partial charge in [-0.25, -0.2) is 8.78 Å². The van der Waals surface area contributed by atoms with Crippen LogP contribution in [0.25, 0.3) is 0 Å². The lowest BCUT2D eigenvalue weighted by atomic mass is 9.90. The van der Waals surface area contributed by atoms with Crippen LogP contribution in [0.3, 0.4) is 0 Å². The van der Waals surface area contributed by atoms with E-state index in [0.29, 0.717) is 19.4 Å². The van der Waals surface area contributed by atoms with Gasteiger partial charge in [-0.2, -0.15) is 0 Å². The number of alkyl halides is 2. The van der Waals surface area contributed by atoms with E-state index in [0.717, 1.165) is 5.56 Å². The smallest absolute Gasteiger partial charge is 0.263 e. The van der Waals surface area contributed by atoms with Crippen LogP contribution in [0.15, 0.2) is 24.3 Å². The van der Waals surface area contributed by atoms with Gasteiger partial charge in [0.25, 0.3) is 6.43 Å². The first kappa shape index (κ1) is 13.9. The molecule has 1 aromatic rings. The summed E-state index contributed by atoms with van der Waals surface area (Å²) in [6.07, 6.45) is -1.38. The van der Waals surface area contributed by atoms with E-state index in [1.54, 1.807) is 17.0 Å². The summed E-state index contributed by atoms with van der Waals surface area (Å²) in [6.45, 7) is 2.48. The van der Waals surface area contributed by atoms with E-state index in [2.05, 4.69) is 0 Å². The molecule has 2 N–H and O–H groups in total. The molecule has 0 aromatic heterocycles. The number of hydrogen-bond acceptors (Lipinski definition) is 2. The number of rotatable bonds is 3. The molecule has 104 valence electrons. The minimum absolute atomic E-state index is 0.0116. The van der Waals surface area contributed by atoms with Gasteiger partial charge in [0.1, 0.15) is 0 Å². The number of carbonyl (C=O) groups excluding carboxylic acids is 1. The Morgan fingerprint density at radius 2 is 2.00 bits per heavy atom. The predicted molar refractivity (Wildman–Crippen MR) is 68.7 cm³/mol. The molecule has 2 unspecified atom stereocenters. The molecule has 0 aliphatic carbocycles. The highest BCUT2D eigenvalue weighted by molar-refractivity contribution is 5.77. The molecule has 19 heavy (non-hydrogen) atoms. The van der Waals surface area contributed by atoms with E-state index in [9.17, 15) is 13.6 Å². The number of likely N-dealkylation sites (N-methyl/N-ethyl adjacent to an activating group) is 1. The van der Waals surface area contributed by atoms with Crippen molar-refractivity contribution in [2.24, 2.45) is 5.73 Å². The van der Waals surface area contributed by atoms with Crippen LogP contribution in [-0.2, 0) is 4.79 Å². The second-order valence-corrected chi connectivity index (χ2v) is 4.79. The molecular formula is C14H18F2N2O. The Morgan fingerprint density at radius 3 is 2.53 bits per heavy atom. The van der Waals surface area contributed by atoms with Gasteiger partial charge in [0.05, 0.1) is 6.04 Å². The first-order chi connectivity index (χ1) is 9.04. The first-order valence-electron chi connectivity index (χ1n) is 6.47. The van der Waals surface area contributed by atoms with Gasteiger partial charge in [0, 0.05) is 24.6 Å². The molecule has 1 saturated heterocycles. The first-order valence-corrected chi connectivity index (χ1v) is 6.47. The highest BCUT2D eigenvalue weighted by atomic mass is 19.3. The van der Waals surface area contributed by atoms with Crippen LogP contribution in [0.2, 0.25) is 0 Å². The normalized spacial score (nSPS) is 24.1. The Labute approximate surface area is 111 Å². The average molecular weight is 268 g/mol. The van der Waals surface area contributed by atoms with Crippen molar-refractivity contribution in [3.05, 3.63) is 35.4 Å². The van der Waals surface area contributed by atoms with Crippen molar-refractivity contribution in [2.45, 2.75) is 38.3 Å². The Morgan fingerprint density at radius 1 is 1.37 bits per heavy atom. The molecule has 1 fully saturated rings. The third kappa shape index (κ3) is 2.76. The topological polar surface area (TPSA) is 46.3 Å². The quantitative estimate of drug-likeness (QED) is 0.916. The van der Waals surface area contributed by atoms with Crippen LogP contribution >= 0.6 is 0 Å². The minimum atomic E-state index is -2.47. The zero-order chi connectivity index (χ0) is 14.0. The molecule has 0 saturated carbocycles. The largest absolute Gasteiger partial charge is 0.334 e. The fourth-order valence-corrected chi connectivity index (χ4v) is 2.62. The number of halogens is 2. The van der Waals surface area contributed by atoms with Crippen molar-refractivity contribution >= 4 is 5.91 Å². The van der Waals surface area contributed by atoms with Crippen LogP contribution in [0.4, 0.5) is 8.78 Å². The molecule has 2 rings (SSSR count). The number of piperidine rings is 1. The standard InChI is InChI=1S/C14H18F2N2O/c1-2-18-12(19)8-7-11(17)13(18)9-3-5-10(6-4-9)14(15)16/h3-6,11,13-14H,2,7-8,17H2,1H3. The molecule has 1 aromatic carbocycles. The van der Waals surface area contributed by atoms with Gasteiger partial charge >= 0.3 is 0 Å². The van der Waals surface area contributed by atoms with E-state index < -0.39 is 6.43 Å². The number of nitrogens with zero attached hydrogens (tertiary/aromatic N) is 1. The molecule has 0 radical (unpaired) electrons. The Hall–Kier alpha value is -1.49. The van der Waals surface area contributed by atoms with Gasteiger partial charge < -0.3 is 10.6 Å². The number of amides is 1. The van der Waals surface area contributed by atoms with Gasteiger partial charge in [-0.15, -0.1) is 0 Å². The van der Waals surface area contributed by atoms with E-state index in [1.807, 2.05) is 6.92 Å². The monoisotopic (exact) mass is 268 g/mol. The molecule has 1 aliphatic heterocycles. The molecular weight excluding hydrogens is 250 g/mol. The molecule has 5 heteroatoms. The highest BCUT2D eigenvalue weighted by Gasteiger charge is 2.33. The zero-order valence-electron chi connectivity index (χ0n) is 10.9. The third-order valence-electron chi connectivity index (χ3n) is 3.62. The summed E-state index contributed by atoms with van der Waals surface area (Å²) in [5.74, 6) is 0.0761. The number of likely N-dealkylation sites (tertiary alicyclic amines) is 1. The summed E-state index contributed by atoms with van der Waals surface area (Å²) in [6, 6.07) is 5.74. The van der Waals surface area contributed by atoms with Gasteiger partial charge in [0.2, 0.25) is 5.91 Å². The highest BCUT2D eigenvalue weighted by Crippen LogP contribution is 2.31. The van der Waals surface area contributed by atoms with E-state index in [4.69, 9.17) is 5.73 Å². The second kappa shape index (κ2) is 5.65. The molecule has 1 aliphatic rings. The maximum Gasteiger partial charge on any atom is 0.263 e. The van der Waals surface area contributed by atoms with Crippen molar-refractivity contribution in [2.75, 3.05) is 6.54 Å². The number of carbonyl (C=O) groups is 1. The van der Waals surface area contributed by atoms with Gasteiger partial charge in [-0.05, 0) is 18.9 Å². The fraction of sp³-hybridized carbons (Fsp3) is 0.500. The van der Waals surface area contributed by atoms with Crippen LogP contribution in [0, 0.1) is 0 Å². The summed E-state index contributed by atoms with van der Waals surface area (Å²) >= 11 is 0. The minimum Gasteiger partial charge on any atom is -0.334 e. The molecule has 3 nitrogen and oxygen atoms in total. The van der Waals surface area contributed by atoms with Crippen molar-refractivity contribution < 1.29 is 13.6 Å². The number of nitrogens with two attached hydrogens (primary N) is 1. The lowest BCUT2D eigenvalue weighted by Crippen LogP contribution is -2.48. The lowest BCUT2D eigenvalue weighted by molar-refractivity contribution is -0.137. The van der Waals surface area contributed by atoms with Crippen molar-refractivity contribution in [1.29, 1.82) is 0 Å². The van der Waals surface area contributed by atoms with Crippen molar-refractivity contribution in [3.63, 3.8) is 0 Å². The summed E-state index contributed by atoms with van der Waals surface area (Å²) in [5.41, 5.74) is 6.91. The summed E-state index contributed by atoms with van der Waals surface area (Å²) in [5, 5.41) is 0. The molecule has 0 bridgehead atoms. The van der Waals surface area contributed by atoms with Crippen molar-refractivity contribution in [1.82, 2.24) is 4.90 Å². The zero-order valence-corrected chi connectivity index (χ0v) is 10.9. The number of hydrogen-bond donors (Lipinski definition) is 1. The van der Waals surface area contributed by atoms with E-state index in [-0.39, 0.29) is 23.6 Å². The van der Waals surface area contributed by atoms with Gasteiger partial charge in [-0.1, -0.05) is 24.3 Å². The van der Waals surface area contributed by atoms with Crippen LogP contribution in [-0.4, -0.2) is 23.4 Å². The van der Waals surface area contributed by atoms with Crippen LogP contribution in [0.5, 0.6) is 0 Å².